The average molecular weight is 597 g/mol. The van der Waals surface area contributed by atoms with Crippen LogP contribution in [0.25, 0.3) is 22.2 Å². The number of hydrogen-bond donors (Lipinski definition) is 2. The Labute approximate surface area is 256 Å². The molecule has 1 aliphatic heterocycles. The third kappa shape index (κ3) is 6.40. The number of pyridine rings is 2. The van der Waals surface area contributed by atoms with Crippen LogP contribution < -0.4 is 15.5 Å². The van der Waals surface area contributed by atoms with Crippen molar-refractivity contribution >= 4 is 40.2 Å². The maximum atomic E-state index is 12.6. The number of nitriles is 1. The van der Waals surface area contributed by atoms with E-state index in [1.807, 2.05) is 24.3 Å². The standard InChI is InChI=1S/C32H36N8O2S/c1-4-9-32(20-43-3,26-7-5-6-24-25(31(41)34-2)8-10-35-29(24)26)19-37-28-16-27(38-21-39-28)23-15-22(17-33)30(36-18-23)40-11-13-42-14-12-40/h5-8,10,15-16,18,21H,4,9,11-14,19-20H2,1-3H3,(H,34,41)(H,37,38,39). The van der Waals surface area contributed by atoms with Crippen LogP contribution in [0.3, 0.4) is 0 Å². The average Bonchev–Trinajstić information content (AvgIpc) is 3.06. The van der Waals surface area contributed by atoms with Gasteiger partial charge in [-0.3, -0.25) is 9.78 Å². The fourth-order valence-electron chi connectivity index (χ4n) is 5.79. The fourth-order valence-corrected chi connectivity index (χ4v) is 6.74. The smallest absolute Gasteiger partial charge is 0.251 e. The molecule has 1 amide bonds. The largest absolute Gasteiger partial charge is 0.378 e. The summed E-state index contributed by atoms with van der Waals surface area (Å²) >= 11 is 1.79. The van der Waals surface area contributed by atoms with Crippen molar-refractivity contribution in [2.24, 2.45) is 0 Å². The molecule has 3 aromatic heterocycles. The SMILES string of the molecule is CCCC(CNc1cc(-c2cnc(N3CCOCC3)c(C#N)c2)ncn1)(CSC)c1cccc2c(C(=O)NC)ccnc12. The van der Waals surface area contributed by atoms with E-state index in [4.69, 9.17) is 9.72 Å². The Kier molecular flexibility index (Phi) is 9.69. The highest BCUT2D eigenvalue weighted by atomic mass is 32.2. The molecule has 1 unspecified atom stereocenters. The van der Waals surface area contributed by atoms with E-state index in [-0.39, 0.29) is 11.3 Å². The highest BCUT2D eigenvalue weighted by molar-refractivity contribution is 7.98. The van der Waals surface area contributed by atoms with Crippen LogP contribution in [0.15, 0.2) is 55.1 Å². The summed E-state index contributed by atoms with van der Waals surface area (Å²) in [5.41, 5.74) is 4.23. The Morgan fingerprint density at radius 1 is 1.16 bits per heavy atom. The van der Waals surface area contributed by atoms with E-state index in [0.717, 1.165) is 40.6 Å². The lowest BCUT2D eigenvalue weighted by molar-refractivity contribution is 0.0964. The lowest BCUT2D eigenvalue weighted by Gasteiger charge is -2.35. The lowest BCUT2D eigenvalue weighted by atomic mass is 9.77. The van der Waals surface area contributed by atoms with E-state index in [9.17, 15) is 10.1 Å². The minimum absolute atomic E-state index is 0.130. The number of morpholine rings is 1. The number of para-hydroxylation sites is 1. The second-order valence-corrected chi connectivity index (χ2v) is 11.4. The van der Waals surface area contributed by atoms with Crippen molar-refractivity contribution in [1.82, 2.24) is 25.3 Å². The Hall–Kier alpha value is -4.27. The van der Waals surface area contributed by atoms with Gasteiger partial charge in [0.2, 0.25) is 0 Å². The number of carbonyl (C=O) groups is 1. The molecule has 0 bridgehead atoms. The first-order valence-electron chi connectivity index (χ1n) is 14.4. The third-order valence-corrected chi connectivity index (χ3v) is 8.67. The van der Waals surface area contributed by atoms with Crippen molar-refractivity contribution in [3.05, 3.63) is 71.8 Å². The Balaban J connectivity index is 1.46. The van der Waals surface area contributed by atoms with Gasteiger partial charge in [-0.1, -0.05) is 31.5 Å². The number of rotatable bonds is 11. The number of anilines is 2. The zero-order valence-corrected chi connectivity index (χ0v) is 25.6. The molecule has 222 valence electrons. The van der Waals surface area contributed by atoms with Crippen LogP contribution in [0.5, 0.6) is 0 Å². The molecule has 10 nitrogen and oxygen atoms in total. The summed E-state index contributed by atoms with van der Waals surface area (Å²) in [4.78, 5) is 33.1. The summed E-state index contributed by atoms with van der Waals surface area (Å²) < 4.78 is 5.45. The van der Waals surface area contributed by atoms with Crippen molar-refractivity contribution in [3.63, 3.8) is 0 Å². The zero-order chi connectivity index (χ0) is 30.2. The molecule has 2 N–H and O–H groups in total. The molecule has 0 aliphatic carbocycles. The van der Waals surface area contributed by atoms with Gasteiger partial charge in [-0.2, -0.15) is 17.0 Å². The molecule has 11 heteroatoms. The summed E-state index contributed by atoms with van der Waals surface area (Å²) in [6.45, 7) is 5.45. The van der Waals surface area contributed by atoms with E-state index in [0.29, 0.717) is 61.3 Å². The van der Waals surface area contributed by atoms with Crippen LogP contribution in [-0.2, 0) is 10.2 Å². The number of ether oxygens (including phenoxy) is 1. The van der Waals surface area contributed by atoms with Crippen LogP contribution in [0, 0.1) is 11.3 Å². The quantitative estimate of drug-likeness (QED) is 0.252. The number of amides is 1. The first-order chi connectivity index (χ1) is 21.0. The molecule has 0 radical (unpaired) electrons. The number of benzene rings is 1. The van der Waals surface area contributed by atoms with Gasteiger partial charge >= 0.3 is 0 Å². The minimum atomic E-state index is -0.275. The highest BCUT2D eigenvalue weighted by Gasteiger charge is 2.34. The number of fused-ring (bicyclic) bond motifs is 1. The van der Waals surface area contributed by atoms with Crippen LogP contribution in [-0.4, -0.2) is 77.7 Å². The molecule has 1 aromatic carbocycles. The highest BCUT2D eigenvalue weighted by Crippen LogP contribution is 2.37. The first-order valence-corrected chi connectivity index (χ1v) is 15.8. The first kappa shape index (κ1) is 30.2. The molecule has 43 heavy (non-hydrogen) atoms. The second-order valence-electron chi connectivity index (χ2n) is 10.6. The monoisotopic (exact) mass is 596 g/mol. The van der Waals surface area contributed by atoms with Crippen LogP contribution in [0.1, 0.15) is 41.3 Å². The van der Waals surface area contributed by atoms with E-state index >= 15 is 0 Å². The molecule has 4 aromatic rings. The number of hydrogen-bond acceptors (Lipinski definition) is 10. The molecule has 1 aliphatic rings. The van der Waals surface area contributed by atoms with E-state index in [2.05, 4.69) is 55.8 Å². The summed E-state index contributed by atoms with van der Waals surface area (Å²) in [5.74, 6) is 2.08. The maximum Gasteiger partial charge on any atom is 0.251 e. The summed E-state index contributed by atoms with van der Waals surface area (Å²) in [5, 5.41) is 17.0. The van der Waals surface area contributed by atoms with Gasteiger partial charge in [0.1, 0.15) is 24.0 Å². The molecule has 0 spiro atoms. The van der Waals surface area contributed by atoms with Gasteiger partial charge in [0.15, 0.2) is 0 Å². The molecule has 5 rings (SSSR count). The van der Waals surface area contributed by atoms with Gasteiger partial charge in [-0.15, -0.1) is 0 Å². The fraction of sp³-hybridized carbons (Fsp3) is 0.375. The molecule has 1 atom stereocenters. The van der Waals surface area contributed by atoms with Gasteiger partial charge in [-0.25, -0.2) is 15.0 Å². The Morgan fingerprint density at radius 3 is 2.74 bits per heavy atom. The van der Waals surface area contributed by atoms with Crippen molar-refractivity contribution < 1.29 is 9.53 Å². The van der Waals surface area contributed by atoms with Crippen LogP contribution >= 0.6 is 11.8 Å². The third-order valence-electron chi connectivity index (χ3n) is 7.83. The summed E-state index contributed by atoms with van der Waals surface area (Å²) in [7, 11) is 1.64. The number of thioether (sulfide) groups is 1. The van der Waals surface area contributed by atoms with E-state index < -0.39 is 0 Å². The molecule has 4 heterocycles. The van der Waals surface area contributed by atoms with Gasteiger partial charge in [-0.05, 0) is 30.4 Å². The maximum absolute atomic E-state index is 12.6. The van der Waals surface area contributed by atoms with Gasteiger partial charge in [0.05, 0.1) is 35.6 Å². The zero-order valence-electron chi connectivity index (χ0n) is 24.8. The van der Waals surface area contributed by atoms with Gasteiger partial charge in [0, 0.05) is 67.3 Å². The normalized spacial score (nSPS) is 14.6. The molecular formula is C32H36N8O2S. The predicted octanol–water partition coefficient (Wildman–Crippen LogP) is 4.67. The van der Waals surface area contributed by atoms with E-state index in [1.54, 1.807) is 37.3 Å². The Morgan fingerprint density at radius 2 is 2.00 bits per heavy atom. The molecule has 1 saturated heterocycles. The summed E-state index contributed by atoms with van der Waals surface area (Å²) in [6.07, 6.45) is 9.01. The van der Waals surface area contributed by atoms with Gasteiger partial charge < -0.3 is 20.3 Å². The molecular weight excluding hydrogens is 560 g/mol. The van der Waals surface area contributed by atoms with Crippen LogP contribution in [0.4, 0.5) is 11.6 Å². The number of carbonyl (C=O) groups excluding carboxylic acids is 1. The minimum Gasteiger partial charge on any atom is -0.378 e. The number of nitrogens with zero attached hydrogens (tertiary/aromatic N) is 6. The van der Waals surface area contributed by atoms with Crippen LogP contribution in [0.2, 0.25) is 0 Å². The number of aromatic nitrogens is 4. The Bertz CT molecular complexity index is 1630. The van der Waals surface area contributed by atoms with Gasteiger partial charge in [0.25, 0.3) is 5.91 Å². The predicted molar refractivity (Wildman–Crippen MR) is 172 cm³/mol. The number of nitrogens with one attached hydrogen (secondary N) is 2. The molecule has 1 fully saturated rings. The van der Waals surface area contributed by atoms with Crippen molar-refractivity contribution in [1.29, 1.82) is 5.26 Å². The lowest BCUT2D eigenvalue weighted by Crippen LogP contribution is -2.37. The van der Waals surface area contributed by atoms with Crippen molar-refractivity contribution in [3.8, 4) is 17.3 Å². The summed E-state index contributed by atoms with van der Waals surface area (Å²) in [6, 6.07) is 13.9. The van der Waals surface area contributed by atoms with Crippen molar-refractivity contribution in [2.75, 3.05) is 62.1 Å². The topological polar surface area (TPSA) is 129 Å². The second kappa shape index (κ2) is 13.8. The van der Waals surface area contributed by atoms with E-state index in [1.165, 1.54) is 6.33 Å². The van der Waals surface area contributed by atoms with Crippen molar-refractivity contribution in [2.45, 2.75) is 25.2 Å². The molecule has 0 saturated carbocycles.